The predicted molar refractivity (Wildman–Crippen MR) is 65.9 cm³/mol. The highest BCUT2D eigenvalue weighted by atomic mass is 32.2. The van der Waals surface area contributed by atoms with Crippen LogP contribution in [0.15, 0.2) is 28.9 Å². The lowest BCUT2D eigenvalue weighted by Gasteiger charge is -2.08. The van der Waals surface area contributed by atoms with E-state index in [2.05, 4.69) is 9.36 Å². The second-order valence-corrected chi connectivity index (χ2v) is 5.82. The van der Waals surface area contributed by atoms with Crippen LogP contribution in [0.25, 0.3) is 0 Å². The fraction of sp³-hybridized carbons (Fsp3) is 0.182. The van der Waals surface area contributed by atoms with Crippen LogP contribution < -0.4 is 0 Å². The van der Waals surface area contributed by atoms with Gasteiger partial charge in [0.15, 0.2) is 10.1 Å². The van der Waals surface area contributed by atoms with Crippen molar-refractivity contribution in [3.63, 3.8) is 0 Å². The van der Waals surface area contributed by atoms with Crippen LogP contribution in [0.3, 0.4) is 0 Å². The Balaban J connectivity index is 2.15. The molecule has 0 spiro atoms. The third-order valence-electron chi connectivity index (χ3n) is 2.18. The van der Waals surface area contributed by atoms with Gasteiger partial charge in [0.25, 0.3) is 0 Å². The lowest BCUT2D eigenvalue weighted by Crippen LogP contribution is -2.15. The smallest absolute Gasteiger partial charge is 0.178 e. The van der Waals surface area contributed by atoms with Gasteiger partial charge >= 0.3 is 0 Å². The van der Waals surface area contributed by atoms with E-state index in [1.165, 1.54) is 29.6 Å². The third kappa shape index (κ3) is 2.91. The van der Waals surface area contributed by atoms with Gasteiger partial charge < -0.3 is 0 Å². The highest BCUT2D eigenvalue weighted by molar-refractivity contribution is 8.02. The van der Waals surface area contributed by atoms with Crippen LogP contribution in [0.2, 0.25) is 0 Å². The number of carbonyl (C=O) groups is 1. The predicted octanol–water partition coefficient (Wildman–Crippen LogP) is 3.18. The first-order valence-electron chi connectivity index (χ1n) is 5.00. The first-order valence-corrected chi connectivity index (χ1v) is 6.66. The second-order valence-electron chi connectivity index (χ2n) is 3.46. The van der Waals surface area contributed by atoms with Crippen LogP contribution in [0.4, 0.5) is 8.78 Å². The van der Waals surface area contributed by atoms with Crippen molar-refractivity contribution in [1.29, 1.82) is 0 Å². The van der Waals surface area contributed by atoms with E-state index in [-0.39, 0.29) is 5.56 Å². The van der Waals surface area contributed by atoms with Gasteiger partial charge in [-0.15, -0.1) is 0 Å². The number of hydrogen-bond acceptors (Lipinski definition) is 5. The van der Waals surface area contributed by atoms with Gasteiger partial charge in [0.1, 0.15) is 18.0 Å². The summed E-state index contributed by atoms with van der Waals surface area (Å²) < 4.78 is 30.6. The number of halogens is 2. The number of aromatic nitrogens is 2. The van der Waals surface area contributed by atoms with E-state index in [1.807, 2.05) is 0 Å². The minimum Gasteiger partial charge on any atom is -0.293 e. The molecule has 0 aliphatic carbocycles. The van der Waals surface area contributed by atoms with Gasteiger partial charge in [-0.2, -0.15) is 4.37 Å². The number of rotatable bonds is 4. The fourth-order valence-electron chi connectivity index (χ4n) is 1.33. The van der Waals surface area contributed by atoms with E-state index in [0.29, 0.717) is 10.4 Å². The first kappa shape index (κ1) is 13.1. The summed E-state index contributed by atoms with van der Waals surface area (Å²) in [6, 6.07) is 2.93. The monoisotopic (exact) mass is 286 g/mol. The maximum atomic E-state index is 13.4. The van der Waals surface area contributed by atoms with Gasteiger partial charge in [-0.05, 0) is 30.6 Å². The van der Waals surface area contributed by atoms with Gasteiger partial charge in [0.05, 0.1) is 10.8 Å². The largest absolute Gasteiger partial charge is 0.293 e. The lowest BCUT2D eigenvalue weighted by atomic mass is 10.1. The average molecular weight is 286 g/mol. The molecule has 2 aromatic rings. The zero-order valence-corrected chi connectivity index (χ0v) is 10.9. The molecule has 0 radical (unpaired) electrons. The average Bonchev–Trinajstić information content (AvgIpc) is 2.81. The molecule has 1 aromatic carbocycles. The lowest BCUT2D eigenvalue weighted by molar-refractivity contribution is 0.0990. The molecular formula is C11H8F2N2OS2. The van der Waals surface area contributed by atoms with Crippen molar-refractivity contribution in [2.45, 2.75) is 16.5 Å². The van der Waals surface area contributed by atoms with Crippen LogP contribution in [-0.2, 0) is 0 Å². The molecule has 0 fully saturated rings. The van der Waals surface area contributed by atoms with E-state index in [4.69, 9.17) is 0 Å². The van der Waals surface area contributed by atoms with Crippen molar-refractivity contribution in [3.8, 4) is 0 Å². The Morgan fingerprint density at radius 2 is 2.22 bits per heavy atom. The van der Waals surface area contributed by atoms with Crippen molar-refractivity contribution in [3.05, 3.63) is 41.7 Å². The number of nitrogens with zero attached hydrogens (tertiary/aromatic N) is 2. The molecule has 0 aliphatic heterocycles. The van der Waals surface area contributed by atoms with Crippen molar-refractivity contribution in [2.75, 3.05) is 0 Å². The maximum Gasteiger partial charge on any atom is 0.178 e. The highest BCUT2D eigenvalue weighted by Crippen LogP contribution is 2.26. The number of ketones is 1. The molecule has 3 nitrogen and oxygen atoms in total. The van der Waals surface area contributed by atoms with Crippen LogP contribution in [-0.4, -0.2) is 20.4 Å². The number of thioether (sulfide) groups is 1. The van der Waals surface area contributed by atoms with E-state index < -0.39 is 22.7 Å². The Labute approximate surface area is 110 Å². The molecule has 0 aliphatic rings. The molecule has 1 unspecified atom stereocenters. The number of Topliss-reactive ketones (excluding diaryl/α,β-unsaturated/α-hetero) is 1. The molecule has 0 amide bonds. The normalized spacial score (nSPS) is 12.4. The molecule has 0 saturated heterocycles. The topological polar surface area (TPSA) is 42.9 Å². The third-order valence-corrected chi connectivity index (χ3v) is 4.03. The Morgan fingerprint density at radius 1 is 1.44 bits per heavy atom. The summed E-state index contributed by atoms with van der Waals surface area (Å²) in [4.78, 5) is 15.9. The van der Waals surface area contributed by atoms with Crippen molar-refractivity contribution in [1.82, 2.24) is 9.36 Å². The van der Waals surface area contributed by atoms with Crippen LogP contribution >= 0.6 is 23.3 Å². The van der Waals surface area contributed by atoms with Crippen molar-refractivity contribution < 1.29 is 13.6 Å². The van der Waals surface area contributed by atoms with Gasteiger partial charge in [-0.1, -0.05) is 11.8 Å². The number of hydrogen-bond donors (Lipinski definition) is 0. The molecule has 0 N–H and O–H groups in total. The van der Waals surface area contributed by atoms with E-state index in [1.54, 1.807) is 6.92 Å². The molecule has 7 heteroatoms. The Morgan fingerprint density at radius 3 is 2.83 bits per heavy atom. The molecule has 1 atom stereocenters. The summed E-state index contributed by atoms with van der Waals surface area (Å²) in [6.07, 6.45) is 1.39. The van der Waals surface area contributed by atoms with Crippen molar-refractivity contribution >= 4 is 29.1 Å². The molecule has 0 saturated carbocycles. The molecule has 18 heavy (non-hydrogen) atoms. The summed E-state index contributed by atoms with van der Waals surface area (Å²) >= 11 is 2.37. The van der Waals surface area contributed by atoms with Gasteiger partial charge in [0.2, 0.25) is 0 Å². The van der Waals surface area contributed by atoms with Gasteiger partial charge in [-0.25, -0.2) is 13.8 Å². The second kappa shape index (κ2) is 5.53. The van der Waals surface area contributed by atoms with Crippen LogP contribution in [0.1, 0.15) is 17.3 Å². The molecule has 1 aromatic heterocycles. The fourth-order valence-corrected chi connectivity index (χ4v) is 2.99. The zero-order chi connectivity index (χ0) is 13.1. The quantitative estimate of drug-likeness (QED) is 0.639. The van der Waals surface area contributed by atoms with E-state index in [9.17, 15) is 13.6 Å². The minimum atomic E-state index is -0.843. The van der Waals surface area contributed by atoms with Crippen LogP contribution in [0, 0.1) is 11.6 Å². The first-order chi connectivity index (χ1) is 8.58. The SMILES string of the molecule is CC(Sc1ncns1)C(=O)c1ccc(F)cc1F. The van der Waals surface area contributed by atoms with E-state index in [0.717, 1.165) is 12.1 Å². The minimum absolute atomic E-state index is 0.110. The number of carbonyl (C=O) groups excluding carboxylic acids is 1. The zero-order valence-electron chi connectivity index (χ0n) is 9.26. The molecular weight excluding hydrogens is 278 g/mol. The molecule has 2 rings (SSSR count). The Hall–Kier alpha value is -1.34. The summed E-state index contributed by atoms with van der Waals surface area (Å²) in [6.45, 7) is 1.65. The number of benzene rings is 1. The summed E-state index contributed by atoms with van der Waals surface area (Å²) in [5.41, 5.74) is -0.110. The van der Waals surface area contributed by atoms with Gasteiger partial charge in [0, 0.05) is 6.07 Å². The maximum absolute atomic E-state index is 13.4. The standard InChI is InChI=1S/C11H8F2N2OS2/c1-6(17-11-14-5-15-18-11)10(16)8-3-2-7(12)4-9(8)13/h2-6H,1H3. The van der Waals surface area contributed by atoms with Crippen LogP contribution in [0.5, 0.6) is 0 Å². The highest BCUT2D eigenvalue weighted by Gasteiger charge is 2.21. The van der Waals surface area contributed by atoms with Gasteiger partial charge in [-0.3, -0.25) is 4.79 Å². The van der Waals surface area contributed by atoms with E-state index >= 15 is 0 Å². The van der Waals surface area contributed by atoms with Crippen molar-refractivity contribution in [2.24, 2.45) is 0 Å². The molecule has 1 heterocycles. The molecule has 94 valence electrons. The Bertz CT molecular complexity index is 560. The summed E-state index contributed by atoms with van der Waals surface area (Å²) in [5, 5.41) is -0.502. The Kier molecular flexibility index (Phi) is 4.03. The molecule has 0 bridgehead atoms. The summed E-state index contributed by atoms with van der Waals surface area (Å²) in [5.74, 6) is -1.94. The summed E-state index contributed by atoms with van der Waals surface area (Å²) in [7, 11) is 0.